The van der Waals surface area contributed by atoms with E-state index in [1.54, 1.807) is 20.1 Å². The van der Waals surface area contributed by atoms with Gasteiger partial charge in [0.2, 0.25) is 11.8 Å². The summed E-state index contributed by atoms with van der Waals surface area (Å²) in [6.07, 6.45) is 0.364. The Morgan fingerprint density at radius 2 is 1.97 bits per heavy atom. The van der Waals surface area contributed by atoms with Crippen molar-refractivity contribution in [2.24, 2.45) is 0 Å². The fourth-order valence-electron chi connectivity index (χ4n) is 3.90. The first-order valence-corrected chi connectivity index (χ1v) is 11.4. The van der Waals surface area contributed by atoms with Crippen LogP contribution in [0.5, 0.6) is 5.75 Å². The lowest BCUT2D eigenvalue weighted by atomic mass is 10.1. The van der Waals surface area contributed by atoms with Crippen molar-refractivity contribution in [2.45, 2.75) is 19.4 Å². The Balaban J connectivity index is 1.52. The summed E-state index contributed by atoms with van der Waals surface area (Å²) < 4.78 is 18.7. The summed E-state index contributed by atoms with van der Waals surface area (Å²) >= 11 is 6.26. The highest BCUT2D eigenvalue weighted by Crippen LogP contribution is 2.31. The molecule has 0 radical (unpaired) electrons. The first kappa shape index (κ1) is 22.5. The molecule has 176 valence electrons. The largest absolute Gasteiger partial charge is 0.495 e. The quantitative estimate of drug-likeness (QED) is 0.410. The highest BCUT2D eigenvalue weighted by Gasteiger charge is 2.26. The van der Waals surface area contributed by atoms with Crippen LogP contribution < -0.4 is 4.74 Å². The van der Waals surface area contributed by atoms with E-state index in [-0.39, 0.29) is 6.10 Å². The van der Waals surface area contributed by atoms with Crippen LogP contribution in [-0.4, -0.2) is 63.7 Å². The summed E-state index contributed by atoms with van der Waals surface area (Å²) in [7, 11) is 3.66. The maximum absolute atomic E-state index is 6.26. The molecule has 0 amide bonds. The predicted octanol–water partition coefficient (Wildman–Crippen LogP) is 3.88. The van der Waals surface area contributed by atoms with E-state index in [0.29, 0.717) is 47.2 Å². The Bertz CT molecular complexity index is 1290. The number of hydrogen-bond donors (Lipinski definition) is 0. The molecular formula is C24H25ClN6O3. The molecule has 0 bridgehead atoms. The fraction of sp³-hybridized carbons (Fsp3) is 0.333. The van der Waals surface area contributed by atoms with Gasteiger partial charge in [0.05, 0.1) is 30.8 Å². The van der Waals surface area contributed by atoms with Crippen molar-refractivity contribution in [3.05, 3.63) is 70.7 Å². The summed E-state index contributed by atoms with van der Waals surface area (Å²) in [6, 6.07) is 13.6. The maximum Gasteiger partial charge on any atom is 0.220 e. The molecule has 2 aromatic carbocycles. The summed E-state index contributed by atoms with van der Waals surface area (Å²) in [5.74, 6) is 3.06. The van der Waals surface area contributed by atoms with E-state index in [0.717, 1.165) is 29.9 Å². The SMILES string of the molecule is COc1cc(-n2nc(C3CN(C)CCO3)nc2-c2ccc(Cc3nnc(C)o3)cc2)ccc1Cl. The van der Waals surface area contributed by atoms with Crippen LogP contribution in [0, 0.1) is 6.92 Å². The first-order valence-electron chi connectivity index (χ1n) is 11.0. The minimum Gasteiger partial charge on any atom is -0.495 e. The number of aromatic nitrogens is 5. The van der Waals surface area contributed by atoms with Crippen LogP contribution >= 0.6 is 11.6 Å². The Labute approximate surface area is 202 Å². The zero-order valence-corrected chi connectivity index (χ0v) is 20.0. The zero-order chi connectivity index (χ0) is 23.7. The van der Waals surface area contributed by atoms with Crippen molar-refractivity contribution in [1.82, 2.24) is 29.9 Å². The average Bonchev–Trinajstić information content (AvgIpc) is 3.46. The van der Waals surface area contributed by atoms with Crippen molar-refractivity contribution < 1.29 is 13.9 Å². The smallest absolute Gasteiger partial charge is 0.220 e. The van der Waals surface area contributed by atoms with Gasteiger partial charge in [-0.2, -0.15) is 0 Å². The number of rotatable bonds is 6. The fourth-order valence-corrected chi connectivity index (χ4v) is 4.10. The topological polar surface area (TPSA) is 91.3 Å². The molecule has 9 nitrogen and oxygen atoms in total. The van der Waals surface area contributed by atoms with Gasteiger partial charge in [0.25, 0.3) is 0 Å². The summed E-state index contributed by atoms with van der Waals surface area (Å²) in [6.45, 7) is 4.04. The van der Waals surface area contributed by atoms with Crippen molar-refractivity contribution >= 4 is 11.6 Å². The van der Waals surface area contributed by atoms with Gasteiger partial charge in [-0.1, -0.05) is 35.9 Å². The van der Waals surface area contributed by atoms with Crippen LogP contribution in [0.2, 0.25) is 5.02 Å². The zero-order valence-electron chi connectivity index (χ0n) is 19.2. The van der Waals surface area contributed by atoms with Gasteiger partial charge in [-0.3, -0.25) is 0 Å². The number of benzene rings is 2. The Kier molecular flexibility index (Phi) is 6.32. The molecule has 0 spiro atoms. The molecule has 2 aromatic heterocycles. The van der Waals surface area contributed by atoms with Crippen LogP contribution in [-0.2, 0) is 11.2 Å². The third kappa shape index (κ3) is 4.68. The molecule has 0 saturated carbocycles. The Morgan fingerprint density at radius 3 is 2.68 bits per heavy atom. The van der Waals surface area contributed by atoms with Crippen molar-refractivity contribution in [2.75, 3.05) is 33.9 Å². The lowest BCUT2D eigenvalue weighted by molar-refractivity contribution is -0.0254. The maximum atomic E-state index is 6.26. The Morgan fingerprint density at radius 1 is 1.15 bits per heavy atom. The third-order valence-electron chi connectivity index (χ3n) is 5.70. The second-order valence-corrected chi connectivity index (χ2v) is 8.64. The number of ether oxygens (including phenoxy) is 2. The number of halogens is 1. The third-order valence-corrected chi connectivity index (χ3v) is 6.01. The van der Waals surface area contributed by atoms with Gasteiger partial charge in [-0.15, -0.1) is 15.3 Å². The van der Waals surface area contributed by atoms with Gasteiger partial charge in [-0.25, -0.2) is 9.67 Å². The molecule has 4 aromatic rings. The van der Waals surface area contributed by atoms with Gasteiger partial charge in [0.15, 0.2) is 11.6 Å². The molecule has 1 fully saturated rings. The van der Waals surface area contributed by atoms with E-state index >= 15 is 0 Å². The minimum absolute atomic E-state index is 0.201. The molecule has 1 aliphatic heterocycles. The van der Waals surface area contributed by atoms with Gasteiger partial charge in [0, 0.05) is 31.6 Å². The molecule has 1 saturated heterocycles. The number of methoxy groups -OCH3 is 1. The second-order valence-electron chi connectivity index (χ2n) is 8.23. The van der Waals surface area contributed by atoms with E-state index < -0.39 is 0 Å². The number of hydrogen-bond acceptors (Lipinski definition) is 8. The van der Waals surface area contributed by atoms with Crippen LogP contribution in [0.3, 0.4) is 0 Å². The van der Waals surface area contributed by atoms with Crippen molar-refractivity contribution in [1.29, 1.82) is 0 Å². The minimum atomic E-state index is -0.201. The molecule has 0 N–H and O–H groups in total. The molecular weight excluding hydrogens is 456 g/mol. The molecule has 3 heterocycles. The van der Waals surface area contributed by atoms with Gasteiger partial charge in [-0.05, 0) is 24.7 Å². The first-order chi connectivity index (χ1) is 16.5. The van der Waals surface area contributed by atoms with Crippen molar-refractivity contribution in [3.63, 3.8) is 0 Å². The molecule has 1 unspecified atom stereocenters. The molecule has 1 aliphatic rings. The normalized spacial score (nSPS) is 16.6. The van der Waals surface area contributed by atoms with Crippen LogP contribution in [0.1, 0.15) is 29.3 Å². The number of aryl methyl sites for hydroxylation is 1. The summed E-state index contributed by atoms with van der Waals surface area (Å²) in [5, 5.41) is 13.3. The molecule has 34 heavy (non-hydrogen) atoms. The van der Waals surface area contributed by atoms with Crippen LogP contribution in [0.25, 0.3) is 17.1 Å². The van der Waals surface area contributed by atoms with Crippen LogP contribution in [0.4, 0.5) is 0 Å². The molecule has 10 heteroatoms. The Hall–Kier alpha value is -3.27. The van der Waals surface area contributed by atoms with E-state index in [9.17, 15) is 0 Å². The lowest BCUT2D eigenvalue weighted by Crippen LogP contribution is -2.35. The predicted molar refractivity (Wildman–Crippen MR) is 126 cm³/mol. The van der Waals surface area contributed by atoms with E-state index in [2.05, 4.69) is 22.1 Å². The highest BCUT2D eigenvalue weighted by atomic mass is 35.5. The van der Waals surface area contributed by atoms with Crippen LogP contribution in [0.15, 0.2) is 46.9 Å². The van der Waals surface area contributed by atoms with Gasteiger partial charge < -0.3 is 18.8 Å². The monoisotopic (exact) mass is 480 g/mol. The average molecular weight is 481 g/mol. The van der Waals surface area contributed by atoms with Crippen molar-refractivity contribution in [3.8, 4) is 22.8 Å². The molecule has 0 aliphatic carbocycles. The summed E-state index contributed by atoms with van der Waals surface area (Å²) in [5.41, 5.74) is 2.77. The highest BCUT2D eigenvalue weighted by molar-refractivity contribution is 6.32. The number of morpholine rings is 1. The van der Waals surface area contributed by atoms with E-state index in [1.165, 1.54) is 0 Å². The molecule has 5 rings (SSSR count). The second kappa shape index (κ2) is 9.54. The van der Waals surface area contributed by atoms with E-state index in [1.807, 2.05) is 41.1 Å². The molecule has 1 atom stereocenters. The van der Waals surface area contributed by atoms with Gasteiger partial charge in [0.1, 0.15) is 11.9 Å². The standard InChI is InChI=1S/C24H25ClN6O3/c1-15-27-28-22(34-15)12-16-4-6-17(7-5-16)24-26-23(21-14-30(2)10-11-33-21)29-31(24)18-8-9-19(25)20(13-18)32-3/h4-9,13,21H,10-12,14H2,1-3H3. The number of nitrogens with zero attached hydrogens (tertiary/aromatic N) is 6. The number of likely N-dealkylation sites (N-methyl/N-ethyl adjacent to an activating group) is 1. The lowest BCUT2D eigenvalue weighted by Gasteiger charge is -2.28. The van der Waals surface area contributed by atoms with E-state index in [4.69, 9.17) is 35.6 Å². The summed E-state index contributed by atoms with van der Waals surface area (Å²) in [4.78, 5) is 7.11. The van der Waals surface area contributed by atoms with Gasteiger partial charge >= 0.3 is 0 Å².